The zero-order chi connectivity index (χ0) is 12.3. The van der Waals surface area contributed by atoms with Crippen molar-refractivity contribution in [1.82, 2.24) is 10.2 Å². The summed E-state index contributed by atoms with van der Waals surface area (Å²) >= 11 is 2.04. The summed E-state index contributed by atoms with van der Waals surface area (Å²) in [4.78, 5) is 14.6. The number of carbonyl (C=O) groups excluding carboxylic acids is 1. The SMILES string of the molecule is CNC1CCCC(C)N(CC2CCCS2)C1=O. The lowest BCUT2D eigenvalue weighted by molar-refractivity contribution is -0.134. The molecule has 4 heteroatoms. The molecule has 3 atom stereocenters. The standard InChI is InChI=1S/C13H24N2OS/c1-10-5-3-7-12(14-2)13(16)15(10)9-11-6-4-8-17-11/h10-12,14H,3-9H2,1-2H3. The summed E-state index contributed by atoms with van der Waals surface area (Å²) in [5.41, 5.74) is 0. The molecule has 0 aromatic rings. The van der Waals surface area contributed by atoms with Gasteiger partial charge >= 0.3 is 0 Å². The van der Waals surface area contributed by atoms with Crippen LogP contribution in [0.2, 0.25) is 0 Å². The van der Waals surface area contributed by atoms with Crippen LogP contribution in [0.15, 0.2) is 0 Å². The number of likely N-dealkylation sites (tertiary alicyclic amines) is 1. The summed E-state index contributed by atoms with van der Waals surface area (Å²) in [7, 11) is 1.90. The summed E-state index contributed by atoms with van der Waals surface area (Å²) in [5, 5.41) is 3.85. The summed E-state index contributed by atoms with van der Waals surface area (Å²) in [6, 6.07) is 0.466. The summed E-state index contributed by atoms with van der Waals surface area (Å²) < 4.78 is 0. The molecule has 0 saturated carbocycles. The maximum absolute atomic E-state index is 12.4. The molecule has 98 valence electrons. The Balaban J connectivity index is 2.01. The Kier molecular flexibility index (Phi) is 4.74. The lowest BCUT2D eigenvalue weighted by Gasteiger charge is -2.31. The van der Waals surface area contributed by atoms with Crippen LogP contribution in [0.5, 0.6) is 0 Å². The molecule has 0 aromatic heterocycles. The lowest BCUT2D eigenvalue weighted by Crippen LogP contribution is -2.48. The smallest absolute Gasteiger partial charge is 0.239 e. The highest BCUT2D eigenvalue weighted by molar-refractivity contribution is 8.00. The number of likely N-dealkylation sites (N-methyl/N-ethyl adjacent to an activating group) is 1. The van der Waals surface area contributed by atoms with Crippen LogP contribution in [0.1, 0.15) is 39.0 Å². The molecule has 2 fully saturated rings. The Morgan fingerprint density at radius 3 is 2.82 bits per heavy atom. The molecule has 0 radical (unpaired) electrons. The van der Waals surface area contributed by atoms with Gasteiger partial charge in [0.25, 0.3) is 0 Å². The minimum absolute atomic E-state index is 0.0475. The molecule has 1 amide bonds. The summed E-state index contributed by atoms with van der Waals surface area (Å²) in [6.45, 7) is 3.17. The normalized spacial score (nSPS) is 35.1. The molecule has 0 aliphatic carbocycles. The first-order chi connectivity index (χ1) is 8.22. The van der Waals surface area contributed by atoms with Gasteiger partial charge in [0, 0.05) is 17.8 Å². The van der Waals surface area contributed by atoms with Crippen molar-refractivity contribution >= 4 is 17.7 Å². The molecule has 2 aliphatic rings. The highest BCUT2D eigenvalue weighted by atomic mass is 32.2. The maximum atomic E-state index is 12.4. The molecule has 2 saturated heterocycles. The minimum Gasteiger partial charge on any atom is -0.338 e. The highest BCUT2D eigenvalue weighted by Gasteiger charge is 2.32. The van der Waals surface area contributed by atoms with Crippen molar-refractivity contribution in [2.75, 3.05) is 19.3 Å². The second-order valence-corrected chi connectivity index (χ2v) is 6.66. The van der Waals surface area contributed by atoms with E-state index in [0.717, 1.165) is 25.8 Å². The second kappa shape index (κ2) is 6.10. The molecule has 3 unspecified atom stereocenters. The first kappa shape index (κ1) is 13.2. The largest absolute Gasteiger partial charge is 0.338 e. The second-order valence-electron chi connectivity index (χ2n) is 5.25. The zero-order valence-electron chi connectivity index (χ0n) is 10.9. The lowest BCUT2D eigenvalue weighted by atomic mass is 10.1. The summed E-state index contributed by atoms with van der Waals surface area (Å²) in [6.07, 6.45) is 5.91. The number of thioether (sulfide) groups is 1. The van der Waals surface area contributed by atoms with Gasteiger partial charge in [-0.2, -0.15) is 11.8 Å². The molecule has 0 bridgehead atoms. The van der Waals surface area contributed by atoms with Crippen molar-refractivity contribution in [2.45, 2.75) is 56.4 Å². The van der Waals surface area contributed by atoms with Crippen LogP contribution in [0.4, 0.5) is 0 Å². The Morgan fingerprint density at radius 1 is 1.35 bits per heavy atom. The van der Waals surface area contributed by atoms with Gasteiger partial charge in [-0.3, -0.25) is 4.79 Å². The zero-order valence-corrected chi connectivity index (χ0v) is 11.8. The van der Waals surface area contributed by atoms with Gasteiger partial charge in [0.15, 0.2) is 0 Å². The van der Waals surface area contributed by atoms with E-state index < -0.39 is 0 Å². The van der Waals surface area contributed by atoms with E-state index in [0.29, 0.717) is 17.2 Å². The average molecular weight is 256 g/mol. The molecule has 0 aromatic carbocycles. The van der Waals surface area contributed by atoms with Gasteiger partial charge in [0.1, 0.15) is 0 Å². The molecule has 3 nitrogen and oxygen atoms in total. The first-order valence-electron chi connectivity index (χ1n) is 6.81. The number of amides is 1. The van der Waals surface area contributed by atoms with Crippen LogP contribution in [0, 0.1) is 0 Å². The van der Waals surface area contributed by atoms with Crippen LogP contribution >= 0.6 is 11.8 Å². The molecule has 17 heavy (non-hydrogen) atoms. The Hall–Kier alpha value is -0.220. The van der Waals surface area contributed by atoms with Gasteiger partial charge < -0.3 is 10.2 Å². The molecule has 1 N–H and O–H groups in total. The van der Waals surface area contributed by atoms with E-state index in [9.17, 15) is 4.79 Å². The number of nitrogens with one attached hydrogen (secondary N) is 1. The average Bonchev–Trinajstić information content (AvgIpc) is 2.79. The van der Waals surface area contributed by atoms with Crippen molar-refractivity contribution < 1.29 is 4.79 Å². The van der Waals surface area contributed by atoms with E-state index in [1.807, 2.05) is 18.8 Å². The van der Waals surface area contributed by atoms with E-state index in [1.165, 1.54) is 18.6 Å². The molecule has 2 heterocycles. The fraction of sp³-hybridized carbons (Fsp3) is 0.923. The molecule has 2 rings (SSSR count). The molecular weight excluding hydrogens is 232 g/mol. The topological polar surface area (TPSA) is 32.3 Å². The quantitative estimate of drug-likeness (QED) is 0.836. The molecular formula is C13H24N2OS. The van der Waals surface area contributed by atoms with Gasteiger partial charge in [-0.25, -0.2) is 0 Å². The van der Waals surface area contributed by atoms with Crippen LogP contribution in [-0.4, -0.2) is 47.5 Å². The fourth-order valence-corrected chi connectivity index (χ4v) is 4.13. The Bertz CT molecular complexity index is 266. The monoisotopic (exact) mass is 256 g/mol. The van der Waals surface area contributed by atoms with E-state index in [1.54, 1.807) is 0 Å². The van der Waals surface area contributed by atoms with Gasteiger partial charge in [-0.05, 0) is 51.8 Å². The van der Waals surface area contributed by atoms with Crippen molar-refractivity contribution in [3.8, 4) is 0 Å². The van der Waals surface area contributed by atoms with Gasteiger partial charge in [0.05, 0.1) is 6.04 Å². The number of hydrogen-bond acceptors (Lipinski definition) is 3. The predicted molar refractivity (Wildman–Crippen MR) is 73.4 cm³/mol. The third-order valence-electron chi connectivity index (χ3n) is 4.00. The fourth-order valence-electron chi connectivity index (χ4n) is 2.86. The predicted octanol–water partition coefficient (Wildman–Crippen LogP) is 1.87. The van der Waals surface area contributed by atoms with E-state index >= 15 is 0 Å². The van der Waals surface area contributed by atoms with Crippen molar-refractivity contribution in [3.63, 3.8) is 0 Å². The van der Waals surface area contributed by atoms with Gasteiger partial charge in [-0.1, -0.05) is 0 Å². The minimum atomic E-state index is 0.0475. The Labute approximate surface area is 109 Å². The van der Waals surface area contributed by atoms with Crippen LogP contribution in [0.25, 0.3) is 0 Å². The highest BCUT2D eigenvalue weighted by Crippen LogP contribution is 2.29. The number of carbonyl (C=O) groups is 1. The third-order valence-corrected chi connectivity index (χ3v) is 5.38. The number of hydrogen-bond donors (Lipinski definition) is 1. The van der Waals surface area contributed by atoms with Gasteiger partial charge in [-0.15, -0.1) is 0 Å². The van der Waals surface area contributed by atoms with E-state index in [4.69, 9.17) is 0 Å². The maximum Gasteiger partial charge on any atom is 0.239 e. The van der Waals surface area contributed by atoms with E-state index in [2.05, 4.69) is 17.1 Å². The van der Waals surface area contributed by atoms with E-state index in [-0.39, 0.29) is 6.04 Å². The van der Waals surface area contributed by atoms with Crippen molar-refractivity contribution in [3.05, 3.63) is 0 Å². The van der Waals surface area contributed by atoms with Gasteiger partial charge in [0.2, 0.25) is 5.91 Å². The Morgan fingerprint density at radius 2 is 2.18 bits per heavy atom. The van der Waals surface area contributed by atoms with Crippen LogP contribution < -0.4 is 5.32 Å². The van der Waals surface area contributed by atoms with Crippen molar-refractivity contribution in [1.29, 1.82) is 0 Å². The van der Waals surface area contributed by atoms with Crippen LogP contribution in [0.3, 0.4) is 0 Å². The summed E-state index contributed by atoms with van der Waals surface area (Å²) in [5.74, 6) is 1.60. The van der Waals surface area contributed by atoms with Crippen molar-refractivity contribution in [2.24, 2.45) is 0 Å². The van der Waals surface area contributed by atoms with Crippen LogP contribution in [-0.2, 0) is 4.79 Å². The number of nitrogens with zero attached hydrogens (tertiary/aromatic N) is 1. The third kappa shape index (κ3) is 3.16. The first-order valence-corrected chi connectivity index (χ1v) is 7.86. The molecule has 0 spiro atoms. The number of rotatable bonds is 3. The molecule has 2 aliphatic heterocycles.